The predicted octanol–water partition coefficient (Wildman–Crippen LogP) is 3.28. The second-order valence-corrected chi connectivity index (χ2v) is 5.00. The van der Waals surface area contributed by atoms with Gasteiger partial charge in [0.15, 0.2) is 11.5 Å². The van der Waals surface area contributed by atoms with Crippen molar-refractivity contribution in [3.8, 4) is 11.5 Å². The number of methoxy groups -OCH3 is 1. The summed E-state index contributed by atoms with van der Waals surface area (Å²) in [6.07, 6.45) is 2.53. The zero-order chi connectivity index (χ0) is 14.5. The molecular formula is C16H21NO3. The van der Waals surface area contributed by atoms with Crippen LogP contribution in [0.2, 0.25) is 0 Å². The van der Waals surface area contributed by atoms with E-state index in [1.165, 1.54) is 0 Å². The Balaban J connectivity index is 1.98. The van der Waals surface area contributed by atoms with Gasteiger partial charge in [0.2, 0.25) is 0 Å². The van der Waals surface area contributed by atoms with E-state index in [0.717, 1.165) is 17.7 Å². The van der Waals surface area contributed by atoms with Gasteiger partial charge in [-0.05, 0) is 43.7 Å². The Morgan fingerprint density at radius 2 is 2.10 bits per heavy atom. The number of phenols is 1. The summed E-state index contributed by atoms with van der Waals surface area (Å²) in [6.45, 7) is 4.21. The first-order valence-corrected chi connectivity index (χ1v) is 6.75. The highest BCUT2D eigenvalue weighted by atomic mass is 16.5. The molecular weight excluding hydrogens is 254 g/mol. The predicted molar refractivity (Wildman–Crippen MR) is 78.1 cm³/mol. The van der Waals surface area contributed by atoms with Gasteiger partial charge in [0.05, 0.1) is 13.4 Å². The van der Waals surface area contributed by atoms with Crippen molar-refractivity contribution >= 4 is 0 Å². The van der Waals surface area contributed by atoms with E-state index in [0.29, 0.717) is 5.75 Å². The van der Waals surface area contributed by atoms with Crippen molar-refractivity contribution in [3.63, 3.8) is 0 Å². The minimum absolute atomic E-state index is 0.159. The highest BCUT2D eigenvalue weighted by molar-refractivity contribution is 5.42. The lowest BCUT2D eigenvalue weighted by atomic mass is 10.1. The zero-order valence-corrected chi connectivity index (χ0v) is 12.1. The fourth-order valence-corrected chi connectivity index (χ4v) is 2.28. The number of hydrogen-bond donors (Lipinski definition) is 2. The molecule has 0 saturated carbocycles. The van der Waals surface area contributed by atoms with Gasteiger partial charge in [-0.1, -0.05) is 6.07 Å². The fraction of sp³-hybridized carbons (Fsp3) is 0.375. The summed E-state index contributed by atoms with van der Waals surface area (Å²) >= 11 is 0. The van der Waals surface area contributed by atoms with Crippen LogP contribution in [-0.2, 0) is 6.42 Å². The minimum atomic E-state index is 0.159. The van der Waals surface area contributed by atoms with Crippen LogP contribution in [0.15, 0.2) is 41.0 Å². The van der Waals surface area contributed by atoms with Gasteiger partial charge >= 0.3 is 0 Å². The van der Waals surface area contributed by atoms with Crippen LogP contribution in [0.25, 0.3) is 0 Å². The molecule has 2 N–H and O–H groups in total. The Kier molecular flexibility index (Phi) is 4.69. The quantitative estimate of drug-likeness (QED) is 0.849. The molecule has 4 heteroatoms. The van der Waals surface area contributed by atoms with E-state index < -0.39 is 0 Å². The van der Waals surface area contributed by atoms with Crippen molar-refractivity contribution < 1.29 is 14.3 Å². The lowest BCUT2D eigenvalue weighted by Gasteiger charge is -2.20. The molecule has 0 aliphatic carbocycles. The summed E-state index contributed by atoms with van der Waals surface area (Å²) in [6, 6.07) is 9.74. The van der Waals surface area contributed by atoms with Crippen LogP contribution in [0.1, 0.15) is 31.2 Å². The number of phenolic OH excluding ortho intramolecular Hbond substituents is 1. The van der Waals surface area contributed by atoms with Crippen LogP contribution in [-0.4, -0.2) is 18.3 Å². The van der Waals surface area contributed by atoms with Gasteiger partial charge < -0.3 is 19.6 Å². The first-order valence-electron chi connectivity index (χ1n) is 6.75. The standard InChI is InChI=1S/C16H21NO3/c1-11(9-14-5-4-8-20-14)17-12(2)13-6-7-15(18)16(10-13)19-3/h4-8,10-12,17-18H,9H2,1-3H3. The maximum atomic E-state index is 9.61. The normalized spacial score (nSPS) is 13.9. The van der Waals surface area contributed by atoms with Crippen LogP contribution < -0.4 is 10.1 Å². The Labute approximate surface area is 119 Å². The number of ether oxygens (including phenoxy) is 1. The lowest BCUT2D eigenvalue weighted by molar-refractivity contribution is 0.371. The van der Waals surface area contributed by atoms with Crippen LogP contribution in [0.4, 0.5) is 0 Å². The van der Waals surface area contributed by atoms with E-state index in [-0.39, 0.29) is 17.8 Å². The smallest absolute Gasteiger partial charge is 0.160 e. The molecule has 4 nitrogen and oxygen atoms in total. The molecule has 0 radical (unpaired) electrons. The van der Waals surface area contributed by atoms with Gasteiger partial charge in [0.25, 0.3) is 0 Å². The topological polar surface area (TPSA) is 54.6 Å². The Morgan fingerprint density at radius 3 is 2.75 bits per heavy atom. The summed E-state index contributed by atoms with van der Waals surface area (Å²) in [5.74, 6) is 1.63. The number of rotatable bonds is 6. The van der Waals surface area contributed by atoms with Crippen LogP contribution in [0.5, 0.6) is 11.5 Å². The minimum Gasteiger partial charge on any atom is -0.504 e. The second-order valence-electron chi connectivity index (χ2n) is 5.00. The molecule has 2 aromatic rings. The van der Waals surface area contributed by atoms with Gasteiger partial charge in [-0.2, -0.15) is 0 Å². The summed E-state index contributed by atoms with van der Waals surface area (Å²) in [7, 11) is 1.55. The number of nitrogens with one attached hydrogen (secondary N) is 1. The molecule has 20 heavy (non-hydrogen) atoms. The maximum absolute atomic E-state index is 9.61. The first kappa shape index (κ1) is 14.5. The van der Waals surface area contributed by atoms with Crippen molar-refractivity contribution in [1.82, 2.24) is 5.32 Å². The molecule has 0 amide bonds. The van der Waals surface area contributed by atoms with Gasteiger partial charge in [-0.3, -0.25) is 0 Å². The maximum Gasteiger partial charge on any atom is 0.160 e. The van der Waals surface area contributed by atoms with E-state index in [1.807, 2.05) is 24.3 Å². The van der Waals surface area contributed by atoms with Gasteiger partial charge in [-0.25, -0.2) is 0 Å². The first-order chi connectivity index (χ1) is 9.60. The Bertz CT molecular complexity index is 537. The summed E-state index contributed by atoms with van der Waals surface area (Å²) in [5, 5.41) is 13.1. The van der Waals surface area contributed by atoms with Crippen LogP contribution in [0, 0.1) is 0 Å². The number of furan rings is 1. The summed E-state index contributed by atoms with van der Waals surface area (Å²) in [5.41, 5.74) is 1.07. The molecule has 0 spiro atoms. The van der Waals surface area contributed by atoms with E-state index in [2.05, 4.69) is 19.2 Å². The lowest BCUT2D eigenvalue weighted by Crippen LogP contribution is -2.30. The molecule has 0 fully saturated rings. The van der Waals surface area contributed by atoms with Crippen molar-refractivity contribution in [1.29, 1.82) is 0 Å². The fourth-order valence-electron chi connectivity index (χ4n) is 2.28. The third-order valence-corrected chi connectivity index (χ3v) is 3.33. The molecule has 1 aromatic heterocycles. The Morgan fingerprint density at radius 1 is 1.30 bits per heavy atom. The Hall–Kier alpha value is -1.94. The van der Waals surface area contributed by atoms with Crippen molar-refractivity contribution in [2.45, 2.75) is 32.4 Å². The molecule has 1 heterocycles. The van der Waals surface area contributed by atoms with E-state index in [4.69, 9.17) is 9.15 Å². The van der Waals surface area contributed by atoms with Crippen LogP contribution in [0.3, 0.4) is 0 Å². The summed E-state index contributed by atoms with van der Waals surface area (Å²) in [4.78, 5) is 0. The molecule has 0 aliphatic rings. The number of aromatic hydroxyl groups is 1. The molecule has 0 aliphatic heterocycles. The highest BCUT2D eigenvalue weighted by Crippen LogP contribution is 2.29. The second kappa shape index (κ2) is 6.48. The van der Waals surface area contributed by atoms with Crippen molar-refractivity contribution in [3.05, 3.63) is 47.9 Å². The molecule has 1 aromatic carbocycles. The zero-order valence-electron chi connectivity index (χ0n) is 12.1. The van der Waals surface area contributed by atoms with Crippen LogP contribution >= 0.6 is 0 Å². The average Bonchev–Trinajstić information content (AvgIpc) is 2.91. The molecule has 2 unspecified atom stereocenters. The number of hydrogen-bond acceptors (Lipinski definition) is 4. The third-order valence-electron chi connectivity index (χ3n) is 3.33. The molecule has 2 atom stereocenters. The van der Waals surface area contributed by atoms with Crippen molar-refractivity contribution in [2.24, 2.45) is 0 Å². The monoisotopic (exact) mass is 275 g/mol. The van der Waals surface area contributed by atoms with Crippen molar-refractivity contribution in [2.75, 3.05) is 7.11 Å². The van der Waals surface area contributed by atoms with E-state index in [9.17, 15) is 5.11 Å². The highest BCUT2D eigenvalue weighted by Gasteiger charge is 2.13. The third kappa shape index (κ3) is 3.54. The molecule has 0 saturated heterocycles. The van der Waals surface area contributed by atoms with Gasteiger partial charge in [-0.15, -0.1) is 0 Å². The summed E-state index contributed by atoms with van der Waals surface area (Å²) < 4.78 is 10.5. The average molecular weight is 275 g/mol. The van der Waals surface area contributed by atoms with Gasteiger partial charge in [0.1, 0.15) is 5.76 Å². The van der Waals surface area contributed by atoms with E-state index >= 15 is 0 Å². The molecule has 2 rings (SSSR count). The van der Waals surface area contributed by atoms with Gasteiger partial charge in [0, 0.05) is 18.5 Å². The SMILES string of the molecule is COc1cc(C(C)NC(C)Cc2ccco2)ccc1O. The number of benzene rings is 1. The van der Waals surface area contributed by atoms with E-state index in [1.54, 1.807) is 19.4 Å². The molecule has 0 bridgehead atoms. The molecule has 108 valence electrons. The largest absolute Gasteiger partial charge is 0.504 e.